The summed E-state index contributed by atoms with van der Waals surface area (Å²) >= 11 is 0. The van der Waals surface area contributed by atoms with Crippen LogP contribution in [-0.4, -0.2) is 49.8 Å². The molecule has 23 heavy (non-hydrogen) atoms. The summed E-state index contributed by atoms with van der Waals surface area (Å²) in [6, 6.07) is 7.66. The predicted octanol–water partition coefficient (Wildman–Crippen LogP) is 2.88. The van der Waals surface area contributed by atoms with Crippen LogP contribution in [0.25, 0.3) is 0 Å². The van der Waals surface area contributed by atoms with Crippen LogP contribution in [0, 0.1) is 0 Å². The monoisotopic (exact) mass is 321 g/mol. The molecule has 0 spiro atoms. The van der Waals surface area contributed by atoms with Gasteiger partial charge in [0, 0.05) is 32.5 Å². The molecule has 0 aliphatic carbocycles. The zero-order valence-electron chi connectivity index (χ0n) is 14.3. The van der Waals surface area contributed by atoms with Gasteiger partial charge in [-0.2, -0.15) is 0 Å². The summed E-state index contributed by atoms with van der Waals surface area (Å²) in [5, 5.41) is 0. The van der Waals surface area contributed by atoms with Crippen LogP contribution in [0.15, 0.2) is 24.3 Å². The smallest absolute Gasteiger partial charge is 0.251 e. The van der Waals surface area contributed by atoms with Crippen molar-refractivity contribution in [2.75, 3.05) is 26.8 Å². The van der Waals surface area contributed by atoms with Crippen LogP contribution in [0.5, 0.6) is 11.5 Å². The first-order valence-corrected chi connectivity index (χ1v) is 8.35. The van der Waals surface area contributed by atoms with Crippen LogP contribution in [0.1, 0.15) is 33.1 Å². The number of amides is 1. The number of likely N-dealkylation sites (tertiary alicyclic amines) is 1. The van der Waals surface area contributed by atoms with Gasteiger partial charge in [0.1, 0.15) is 12.2 Å². The Morgan fingerprint density at radius 3 is 2.52 bits per heavy atom. The minimum absolute atomic E-state index is 0.0780. The van der Waals surface area contributed by atoms with Crippen LogP contribution in [0.3, 0.4) is 0 Å². The summed E-state index contributed by atoms with van der Waals surface area (Å²) in [6.07, 6.45) is 2.32. The quantitative estimate of drug-likeness (QED) is 0.775. The lowest BCUT2D eigenvalue weighted by atomic mass is 10.1. The maximum atomic E-state index is 12.3. The highest BCUT2D eigenvalue weighted by Gasteiger charge is 2.27. The first-order chi connectivity index (χ1) is 11.2. The van der Waals surface area contributed by atoms with Crippen molar-refractivity contribution in [2.45, 2.75) is 45.3 Å². The second kappa shape index (κ2) is 8.77. The number of rotatable bonds is 7. The molecule has 128 valence electrons. The standard InChI is InChI=1S/C18H27NO4/c1-4-13-22-14(2)18(20)19-11-9-15(10-12-19)23-17-8-6-5-7-16(17)21-3/h5-8,14-15H,4,9-13H2,1-3H3/t14-/m0/s1. The summed E-state index contributed by atoms with van der Waals surface area (Å²) in [4.78, 5) is 14.2. The first-order valence-electron chi connectivity index (χ1n) is 8.35. The highest BCUT2D eigenvalue weighted by Crippen LogP contribution is 2.29. The number of hydrogen-bond acceptors (Lipinski definition) is 4. The van der Waals surface area contributed by atoms with Gasteiger partial charge in [-0.05, 0) is 25.5 Å². The molecular formula is C18H27NO4. The molecular weight excluding hydrogens is 294 g/mol. The largest absolute Gasteiger partial charge is 0.493 e. The Kier molecular flexibility index (Phi) is 6.71. The maximum Gasteiger partial charge on any atom is 0.251 e. The average Bonchev–Trinajstić information content (AvgIpc) is 2.60. The molecule has 0 unspecified atom stereocenters. The Morgan fingerprint density at radius 2 is 1.91 bits per heavy atom. The van der Waals surface area contributed by atoms with Gasteiger partial charge in [0.05, 0.1) is 7.11 Å². The van der Waals surface area contributed by atoms with Crippen LogP contribution < -0.4 is 9.47 Å². The third-order valence-corrected chi connectivity index (χ3v) is 4.04. The SMILES string of the molecule is CCCO[C@@H](C)C(=O)N1CCC(Oc2ccccc2OC)CC1. The van der Waals surface area contributed by atoms with E-state index >= 15 is 0 Å². The number of piperidine rings is 1. The molecule has 1 fully saturated rings. The number of carbonyl (C=O) groups excluding carboxylic acids is 1. The summed E-state index contributed by atoms with van der Waals surface area (Å²) in [5.74, 6) is 1.58. The minimum Gasteiger partial charge on any atom is -0.493 e. The van der Waals surface area contributed by atoms with Gasteiger partial charge in [-0.25, -0.2) is 0 Å². The molecule has 5 nitrogen and oxygen atoms in total. The van der Waals surface area contributed by atoms with Gasteiger partial charge in [-0.1, -0.05) is 19.1 Å². The van der Waals surface area contributed by atoms with Gasteiger partial charge in [0.15, 0.2) is 11.5 Å². The molecule has 1 heterocycles. The van der Waals surface area contributed by atoms with Crippen molar-refractivity contribution in [3.63, 3.8) is 0 Å². The van der Waals surface area contributed by atoms with Crippen molar-refractivity contribution in [1.29, 1.82) is 0 Å². The number of nitrogens with zero attached hydrogens (tertiary/aromatic N) is 1. The van der Waals surface area contributed by atoms with Crippen molar-refractivity contribution in [3.8, 4) is 11.5 Å². The van der Waals surface area contributed by atoms with E-state index in [1.807, 2.05) is 43.0 Å². The van der Waals surface area contributed by atoms with Crippen molar-refractivity contribution in [3.05, 3.63) is 24.3 Å². The Labute approximate surface area is 138 Å². The van der Waals surface area contributed by atoms with Crippen molar-refractivity contribution >= 4 is 5.91 Å². The van der Waals surface area contributed by atoms with Crippen LogP contribution in [0.2, 0.25) is 0 Å². The molecule has 2 rings (SSSR count). The van der Waals surface area contributed by atoms with Gasteiger partial charge in [0.2, 0.25) is 0 Å². The third-order valence-electron chi connectivity index (χ3n) is 4.04. The molecule has 0 N–H and O–H groups in total. The molecule has 0 bridgehead atoms. The van der Waals surface area contributed by atoms with E-state index in [4.69, 9.17) is 14.2 Å². The molecule has 1 aromatic carbocycles. The molecule has 1 amide bonds. The van der Waals surface area contributed by atoms with E-state index in [-0.39, 0.29) is 18.1 Å². The van der Waals surface area contributed by atoms with Crippen LogP contribution >= 0.6 is 0 Å². The molecule has 1 aliphatic heterocycles. The Morgan fingerprint density at radius 1 is 1.26 bits per heavy atom. The molecule has 1 atom stereocenters. The number of methoxy groups -OCH3 is 1. The second-order valence-corrected chi connectivity index (χ2v) is 5.81. The van der Waals surface area contributed by atoms with Gasteiger partial charge in [0.25, 0.3) is 5.91 Å². The number of hydrogen-bond donors (Lipinski definition) is 0. The lowest BCUT2D eigenvalue weighted by Gasteiger charge is -2.33. The predicted molar refractivity (Wildman–Crippen MR) is 88.9 cm³/mol. The molecule has 0 radical (unpaired) electrons. The minimum atomic E-state index is -0.360. The Balaban J connectivity index is 1.83. The average molecular weight is 321 g/mol. The lowest BCUT2D eigenvalue weighted by Crippen LogP contribution is -2.46. The van der Waals surface area contributed by atoms with Crippen molar-refractivity contribution in [1.82, 2.24) is 4.90 Å². The van der Waals surface area contributed by atoms with E-state index in [9.17, 15) is 4.79 Å². The molecule has 1 aromatic rings. The van der Waals surface area contributed by atoms with E-state index in [0.717, 1.165) is 30.8 Å². The van der Waals surface area contributed by atoms with Crippen LogP contribution in [0.4, 0.5) is 0 Å². The number of carbonyl (C=O) groups is 1. The molecule has 5 heteroatoms. The van der Waals surface area contributed by atoms with Crippen molar-refractivity contribution < 1.29 is 19.0 Å². The van der Waals surface area contributed by atoms with Gasteiger partial charge in [-0.3, -0.25) is 4.79 Å². The molecule has 0 aromatic heterocycles. The summed E-state index contributed by atoms with van der Waals surface area (Å²) < 4.78 is 16.9. The van der Waals surface area contributed by atoms with Crippen molar-refractivity contribution in [2.24, 2.45) is 0 Å². The maximum absolute atomic E-state index is 12.3. The van der Waals surface area contributed by atoms with Gasteiger partial charge in [-0.15, -0.1) is 0 Å². The summed E-state index contributed by atoms with van der Waals surface area (Å²) in [5.41, 5.74) is 0. The summed E-state index contributed by atoms with van der Waals surface area (Å²) in [7, 11) is 1.64. The third kappa shape index (κ3) is 4.86. The zero-order chi connectivity index (χ0) is 16.7. The van der Waals surface area contributed by atoms with E-state index in [2.05, 4.69) is 0 Å². The number of benzene rings is 1. The Hall–Kier alpha value is -1.75. The fraction of sp³-hybridized carbons (Fsp3) is 0.611. The first kappa shape index (κ1) is 17.6. The molecule has 1 aliphatic rings. The number of ether oxygens (including phenoxy) is 3. The highest BCUT2D eigenvalue weighted by atomic mass is 16.5. The fourth-order valence-corrected chi connectivity index (χ4v) is 2.71. The Bertz CT molecular complexity index is 498. The van der Waals surface area contributed by atoms with Crippen LogP contribution in [-0.2, 0) is 9.53 Å². The van der Waals surface area contributed by atoms with E-state index in [0.29, 0.717) is 19.7 Å². The topological polar surface area (TPSA) is 48.0 Å². The zero-order valence-corrected chi connectivity index (χ0v) is 14.3. The fourth-order valence-electron chi connectivity index (χ4n) is 2.71. The number of para-hydroxylation sites is 2. The molecule has 0 saturated carbocycles. The van der Waals surface area contributed by atoms with E-state index < -0.39 is 0 Å². The van der Waals surface area contributed by atoms with Gasteiger partial charge >= 0.3 is 0 Å². The van der Waals surface area contributed by atoms with E-state index in [1.54, 1.807) is 7.11 Å². The lowest BCUT2D eigenvalue weighted by molar-refractivity contribution is -0.144. The molecule has 1 saturated heterocycles. The van der Waals surface area contributed by atoms with E-state index in [1.165, 1.54) is 0 Å². The second-order valence-electron chi connectivity index (χ2n) is 5.81. The highest BCUT2D eigenvalue weighted by molar-refractivity contribution is 5.80. The van der Waals surface area contributed by atoms with Gasteiger partial charge < -0.3 is 19.1 Å². The normalized spacial score (nSPS) is 16.9. The summed E-state index contributed by atoms with van der Waals surface area (Å²) in [6.45, 7) is 5.91.